The van der Waals surface area contributed by atoms with Crippen LogP contribution in [-0.4, -0.2) is 38.2 Å². The van der Waals surface area contributed by atoms with E-state index >= 15 is 0 Å². The number of anilines is 1. The highest BCUT2D eigenvalue weighted by Gasteiger charge is 2.22. The largest absolute Gasteiger partial charge is 0.481 e. The van der Waals surface area contributed by atoms with Gasteiger partial charge in [0.15, 0.2) is 6.10 Å². The number of amides is 1. The minimum absolute atomic E-state index is 0.0696. The average molecular weight is 389 g/mol. The van der Waals surface area contributed by atoms with Crippen molar-refractivity contribution in [2.24, 2.45) is 0 Å². The topological polar surface area (TPSA) is 90.9 Å². The molecule has 148 valence electrons. The summed E-state index contributed by atoms with van der Waals surface area (Å²) >= 11 is 0. The Kier molecular flexibility index (Phi) is 7.08. The average Bonchev–Trinajstić information content (AvgIpc) is 2.71. The first-order valence-corrected chi connectivity index (χ1v) is 8.43. The van der Waals surface area contributed by atoms with Crippen molar-refractivity contribution >= 4 is 23.5 Å². The summed E-state index contributed by atoms with van der Waals surface area (Å²) in [5.41, 5.74) is 0.305. The molecule has 0 bridgehead atoms. The first-order valence-electron chi connectivity index (χ1n) is 8.43. The van der Waals surface area contributed by atoms with Crippen LogP contribution in [0.25, 0.3) is 0 Å². The summed E-state index contributed by atoms with van der Waals surface area (Å²) in [7, 11) is 2.42. The van der Waals surface area contributed by atoms with E-state index in [9.17, 15) is 18.8 Å². The van der Waals surface area contributed by atoms with Crippen molar-refractivity contribution in [2.45, 2.75) is 19.4 Å². The van der Waals surface area contributed by atoms with Gasteiger partial charge >= 0.3 is 11.9 Å². The van der Waals surface area contributed by atoms with Gasteiger partial charge in [-0.1, -0.05) is 6.92 Å². The number of hydrogen-bond acceptors (Lipinski definition) is 6. The highest BCUT2D eigenvalue weighted by Crippen LogP contribution is 2.21. The Labute approximate surface area is 161 Å². The van der Waals surface area contributed by atoms with E-state index in [1.807, 2.05) is 0 Å². The lowest BCUT2D eigenvalue weighted by Gasteiger charge is -2.18. The number of hydrogen-bond donors (Lipinski definition) is 1. The van der Waals surface area contributed by atoms with E-state index in [1.54, 1.807) is 6.92 Å². The van der Waals surface area contributed by atoms with Crippen LogP contribution in [0.3, 0.4) is 0 Å². The molecule has 0 heterocycles. The zero-order valence-corrected chi connectivity index (χ0v) is 15.7. The van der Waals surface area contributed by atoms with Crippen molar-refractivity contribution in [1.29, 1.82) is 0 Å². The zero-order chi connectivity index (χ0) is 20.7. The standard InChI is InChI=1S/C20H20FNO6/c1-4-17(28-14-8-6-13(21)7-9-14)18(23)22-16-11-12(19(24)26-2)5-10-15(16)20(25)27-3/h5-11,17H,4H2,1-3H3,(H,22,23)/t17-/m1/s1. The van der Waals surface area contributed by atoms with Crippen molar-refractivity contribution in [3.8, 4) is 5.75 Å². The molecule has 0 spiro atoms. The number of carbonyl (C=O) groups is 3. The second-order valence-electron chi connectivity index (χ2n) is 5.70. The Morgan fingerprint density at radius 3 is 2.21 bits per heavy atom. The maximum absolute atomic E-state index is 13.0. The fraction of sp³-hybridized carbons (Fsp3) is 0.250. The number of methoxy groups -OCH3 is 2. The third kappa shape index (κ3) is 5.06. The lowest BCUT2D eigenvalue weighted by Crippen LogP contribution is -2.33. The molecule has 2 aromatic carbocycles. The summed E-state index contributed by atoms with van der Waals surface area (Å²) in [6.07, 6.45) is -0.592. The second-order valence-corrected chi connectivity index (χ2v) is 5.70. The number of carbonyl (C=O) groups excluding carboxylic acids is 3. The lowest BCUT2D eigenvalue weighted by molar-refractivity contribution is -0.122. The zero-order valence-electron chi connectivity index (χ0n) is 15.7. The number of benzene rings is 2. The van der Waals surface area contributed by atoms with Crippen LogP contribution in [0, 0.1) is 5.82 Å². The highest BCUT2D eigenvalue weighted by atomic mass is 19.1. The Bertz CT molecular complexity index is 865. The van der Waals surface area contributed by atoms with Gasteiger partial charge in [-0.15, -0.1) is 0 Å². The Morgan fingerprint density at radius 2 is 1.64 bits per heavy atom. The molecule has 2 rings (SSSR count). The van der Waals surface area contributed by atoms with Gasteiger partial charge in [-0.2, -0.15) is 0 Å². The van der Waals surface area contributed by atoms with E-state index in [1.165, 1.54) is 56.7 Å². The van der Waals surface area contributed by atoms with Gasteiger partial charge in [0.25, 0.3) is 5.91 Å². The van der Waals surface area contributed by atoms with E-state index in [4.69, 9.17) is 9.47 Å². The van der Waals surface area contributed by atoms with Crippen molar-refractivity contribution in [3.05, 3.63) is 59.4 Å². The van der Waals surface area contributed by atoms with Crippen LogP contribution in [0.15, 0.2) is 42.5 Å². The fourth-order valence-electron chi connectivity index (χ4n) is 2.39. The summed E-state index contributed by atoms with van der Waals surface area (Å²) in [6.45, 7) is 1.74. The van der Waals surface area contributed by atoms with Crippen LogP contribution in [0.5, 0.6) is 5.75 Å². The molecule has 1 atom stereocenters. The van der Waals surface area contributed by atoms with Gasteiger partial charge < -0.3 is 19.5 Å². The van der Waals surface area contributed by atoms with Crippen LogP contribution >= 0.6 is 0 Å². The summed E-state index contributed by atoms with van der Waals surface area (Å²) in [4.78, 5) is 36.4. The normalized spacial score (nSPS) is 11.3. The van der Waals surface area contributed by atoms with E-state index in [0.29, 0.717) is 12.2 Å². The van der Waals surface area contributed by atoms with E-state index in [0.717, 1.165) is 0 Å². The van der Waals surface area contributed by atoms with Crippen molar-refractivity contribution in [2.75, 3.05) is 19.5 Å². The predicted molar refractivity (Wildman–Crippen MR) is 98.9 cm³/mol. The van der Waals surface area contributed by atoms with Gasteiger partial charge in [0.1, 0.15) is 11.6 Å². The maximum atomic E-state index is 13.0. The molecule has 0 aliphatic carbocycles. The van der Waals surface area contributed by atoms with E-state index in [2.05, 4.69) is 10.1 Å². The number of rotatable bonds is 7. The van der Waals surface area contributed by atoms with Crippen molar-refractivity contribution in [1.82, 2.24) is 0 Å². The summed E-state index contributed by atoms with van der Waals surface area (Å²) in [6, 6.07) is 9.31. The molecule has 7 nitrogen and oxygen atoms in total. The monoisotopic (exact) mass is 389 g/mol. The van der Waals surface area contributed by atoms with Crippen LogP contribution in [0.4, 0.5) is 10.1 Å². The van der Waals surface area contributed by atoms with Crippen LogP contribution in [0.2, 0.25) is 0 Å². The van der Waals surface area contributed by atoms with Crippen LogP contribution in [0.1, 0.15) is 34.1 Å². The number of halogens is 1. The molecule has 0 fully saturated rings. The molecule has 0 saturated carbocycles. The maximum Gasteiger partial charge on any atom is 0.339 e. The fourth-order valence-corrected chi connectivity index (χ4v) is 2.39. The Balaban J connectivity index is 2.27. The van der Waals surface area contributed by atoms with E-state index < -0.39 is 29.8 Å². The SMILES string of the molecule is CC[C@@H](Oc1ccc(F)cc1)C(=O)Nc1cc(C(=O)OC)ccc1C(=O)OC. The molecule has 0 radical (unpaired) electrons. The second kappa shape index (κ2) is 9.50. The van der Waals surface area contributed by atoms with Gasteiger partial charge in [-0.05, 0) is 48.9 Å². The van der Waals surface area contributed by atoms with Gasteiger partial charge in [0.2, 0.25) is 0 Å². The molecule has 2 aromatic rings. The molecule has 8 heteroatoms. The minimum atomic E-state index is -0.905. The lowest BCUT2D eigenvalue weighted by atomic mass is 10.1. The van der Waals surface area contributed by atoms with Gasteiger partial charge in [0.05, 0.1) is 31.0 Å². The number of ether oxygens (including phenoxy) is 3. The molecule has 0 saturated heterocycles. The Morgan fingerprint density at radius 1 is 1.00 bits per heavy atom. The number of nitrogens with one attached hydrogen (secondary N) is 1. The Hall–Kier alpha value is -3.42. The first kappa shape index (κ1) is 20.9. The molecule has 0 unspecified atom stereocenters. The van der Waals surface area contributed by atoms with Gasteiger partial charge in [-0.25, -0.2) is 14.0 Å². The molecular weight excluding hydrogens is 369 g/mol. The molecule has 28 heavy (non-hydrogen) atoms. The van der Waals surface area contributed by atoms with Crippen molar-refractivity contribution < 1.29 is 33.0 Å². The molecular formula is C20H20FNO6. The number of esters is 2. The minimum Gasteiger partial charge on any atom is -0.481 e. The summed E-state index contributed by atoms with van der Waals surface area (Å²) in [5, 5.41) is 2.58. The summed E-state index contributed by atoms with van der Waals surface area (Å²) < 4.78 is 28.0. The van der Waals surface area contributed by atoms with E-state index in [-0.39, 0.29) is 16.8 Å². The smallest absolute Gasteiger partial charge is 0.339 e. The van der Waals surface area contributed by atoms with Gasteiger partial charge in [0, 0.05) is 0 Å². The van der Waals surface area contributed by atoms with Crippen LogP contribution < -0.4 is 10.1 Å². The molecule has 1 amide bonds. The van der Waals surface area contributed by atoms with Gasteiger partial charge in [-0.3, -0.25) is 4.79 Å². The predicted octanol–water partition coefficient (Wildman–Crippen LogP) is 3.20. The first-order chi connectivity index (χ1) is 13.4. The highest BCUT2D eigenvalue weighted by molar-refractivity contribution is 6.04. The molecule has 0 aliphatic heterocycles. The molecule has 0 aromatic heterocycles. The molecule has 1 N–H and O–H groups in total. The quantitative estimate of drug-likeness (QED) is 0.732. The summed E-state index contributed by atoms with van der Waals surface area (Å²) in [5.74, 6) is -1.95. The van der Waals surface area contributed by atoms with Crippen LogP contribution in [-0.2, 0) is 14.3 Å². The third-order valence-corrected chi connectivity index (χ3v) is 3.86. The molecule has 0 aliphatic rings. The third-order valence-electron chi connectivity index (χ3n) is 3.86. The van der Waals surface area contributed by atoms with Crippen molar-refractivity contribution in [3.63, 3.8) is 0 Å².